The molecule has 0 saturated heterocycles. The minimum Gasteiger partial charge on any atom is -0.0883 e. The van der Waals surface area contributed by atoms with E-state index in [1.54, 1.807) is 0 Å². The number of unbranched alkanes of at least 4 members (excludes halogenated alkanes) is 5. The Morgan fingerprint density at radius 3 is 2.38 bits per heavy atom. The lowest BCUT2D eigenvalue weighted by Crippen LogP contribution is -2.08. The van der Waals surface area contributed by atoms with Gasteiger partial charge in [-0.2, -0.15) is 0 Å². The molecular formula is C24H46. The predicted molar refractivity (Wildman–Crippen MR) is 111 cm³/mol. The smallest absolute Gasteiger partial charge is 0.0233 e. The molecule has 142 valence electrons. The van der Waals surface area contributed by atoms with Gasteiger partial charge in [-0.05, 0) is 49.9 Å². The van der Waals surface area contributed by atoms with Crippen molar-refractivity contribution in [3.8, 4) is 0 Å². The van der Waals surface area contributed by atoms with E-state index in [1.165, 1.54) is 103 Å². The van der Waals surface area contributed by atoms with Gasteiger partial charge in [-0.3, -0.25) is 0 Å². The van der Waals surface area contributed by atoms with Gasteiger partial charge >= 0.3 is 0 Å². The van der Waals surface area contributed by atoms with Crippen molar-refractivity contribution < 1.29 is 0 Å². The number of rotatable bonds is 9. The second kappa shape index (κ2) is 15.0. The van der Waals surface area contributed by atoms with Crippen LogP contribution in [0.1, 0.15) is 124 Å². The number of hydrogen-bond acceptors (Lipinski definition) is 0. The highest BCUT2D eigenvalue weighted by Crippen LogP contribution is 2.30. The van der Waals surface area contributed by atoms with Crippen molar-refractivity contribution in [2.24, 2.45) is 17.8 Å². The SMILES string of the molecule is CCCCCC/C=C/C1CCCCCC(CCCC)CC(C)CC1. The molecule has 0 heterocycles. The zero-order valence-corrected chi connectivity index (χ0v) is 17.2. The summed E-state index contributed by atoms with van der Waals surface area (Å²) in [6, 6.07) is 0. The zero-order valence-electron chi connectivity index (χ0n) is 17.2. The summed E-state index contributed by atoms with van der Waals surface area (Å²) < 4.78 is 0. The molecule has 3 unspecified atom stereocenters. The van der Waals surface area contributed by atoms with Crippen LogP contribution in [0, 0.1) is 17.8 Å². The predicted octanol–water partition coefficient (Wildman–Crippen LogP) is 8.71. The van der Waals surface area contributed by atoms with E-state index in [0.717, 1.165) is 17.8 Å². The van der Waals surface area contributed by atoms with E-state index in [1.807, 2.05) is 0 Å². The lowest BCUT2D eigenvalue weighted by molar-refractivity contribution is 0.318. The third kappa shape index (κ3) is 11.3. The van der Waals surface area contributed by atoms with Gasteiger partial charge in [0.15, 0.2) is 0 Å². The summed E-state index contributed by atoms with van der Waals surface area (Å²) in [5.41, 5.74) is 0. The van der Waals surface area contributed by atoms with Crippen LogP contribution in [0.2, 0.25) is 0 Å². The first kappa shape index (κ1) is 21.8. The van der Waals surface area contributed by atoms with E-state index in [9.17, 15) is 0 Å². The second-order valence-electron chi connectivity index (χ2n) is 8.60. The van der Waals surface area contributed by atoms with Gasteiger partial charge < -0.3 is 0 Å². The highest BCUT2D eigenvalue weighted by atomic mass is 14.2. The molecule has 1 saturated carbocycles. The Balaban J connectivity index is 2.36. The Kier molecular flexibility index (Phi) is 13.6. The molecule has 0 aromatic rings. The van der Waals surface area contributed by atoms with Crippen LogP contribution < -0.4 is 0 Å². The summed E-state index contributed by atoms with van der Waals surface area (Å²) >= 11 is 0. The summed E-state index contributed by atoms with van der Waals surface area (Å²) in [5, 5.41) is 0. The minimum atomic E-state index is 0.866. The Labute approximate surface area is 153 Å². The summed E-state index contributed by atoms with van der Waals surface area (Å²) in [6.07, 6.45) is 28.0. The molecule has 24 heavy (non-hydrogen) atoms. The Bertz CT molecular complexity index is 290. The topological polar surface area (TPSA) is 0 Å². The maximum absolute atomic E-state index is 2.59. The lowest BCUT2D eigenvalue weighted by Gasteiger charge is -2.21. The number of hydrogen-bond donors (Lipinski definition) is 0. The van der Waals surface area contributed by atoms with Crippen LogP contribution >= 0.6 is 0 Å². The molecule has 0 bridgehead atoms. The normalized spacial score (nSPS) is 27.2. The first-order valence-corrected chi connectivity index (χ1v) is 11.4. The van der Waals surface area contributed by atoms with Gasteiger partial charge in [0, 0.05) is 0 Å². The maximum atomic E-state index is 2.59. The van der Waals surface area contributed by atoms with Gasteiger partial charge in [0.05, 0.1) is 0 Å². The fourth-order valence-electron chi connectivity index (χ4n) is 4.39. The van der Waals surface area contributed by atoms with E-state index in [2.05, 4.69) is 32.9 Å². The molecule has 3 atom stereocenters. The van der Waals surface area contributed by atoms with Crippen LogP contribution in [-0.2, 0) is 0 Å². The molecule has 0 heteroatoms. The Morgan fingerprint density at radius 2 is 1.58 bits per heavy atom. The lowest BCUT2D eigenvalue weighted by atomic mass is 9.85. The van der Waals surface area contributed by atoms with Gasteiger partial charge in [0.2, 0.25) is 0 Å². The van der Waals surface area contributed by atoms with Crippen molar-refractivity contribution in [2.45, 2.75) is 124 Å². The molecule has 0 radical (unpaired) electrons. The zero-order chi connectivity index (χ0) is 17.5. The molecule has 0 N–H and O–H groups in total. The fourth-order valence-corrected chi connectivity index (χ4v) is 4.39. The van der Waals surface area contributed by atoms with Crippen LogP contribution in [0.25, 0.3) is 0 Å². The summed E-state index contributed by atoms with van der Waals surface area (Å²) in [5.74, 6) is 2.82. The molecule has 0 spiro atoms. The van der Waals surface area contributed by atoms with Crippen LogP contribution in [-0.4, -0.2) is 0 Å². The van der Waals surface area contributed by atoms with Gasteiger partial charge in [0.25, 0.3) is 0 Å². The summed E-state index contributed by atoms with van der Waals surface area (Å²) in [4.78, 5) is 0. The fraction of sp³-hybridized carbons (Fsp3) is 0.917. The Morgan fingerprint density at radius 1 is 0.792 bits per heavy atom. The molecule has 0 amide bonds. The van der Waals surface area contributed by atoms with Crippen molar-refractivity contribution in [3.05, 3.63) is 12.2 Å². The average Bonchev–Trinajstić information content (AvgIpc) is 2.62. The molecular weight excluding hydrogens is 288 g/mol. The minimum absolute atomic E-state index is 0.866. The second-order valence-corrected chi connectivity index (χ2v) is 8.60. The van der Waals surface area contributed by atoms with Crippen molar-refractivity contribution in [2.75, 3.05) is 0 Å². The van der Waals surface area contributed by atoms with Gasteiger partial charge in [0.1, 0.15) is 0 Å². The molecule has 1 fully saturated rings. The Hall–Kier alpha value is -0.260. The third-order valence-electron chi connectivity index (χ3n) is 6.05. The maximum Gasteiger partial charge on any atom is -0.0233 e. The van der Waals surface area contributed by atoms with Crippen LogP contribution in [0.3, 0.4) is 0 Å². The van der Waals surface area contributed by atoms with Crippen molar-refractivity contribution in [1.82, 2.24) is 0 Å². The summed E-state index contributed by atoms with van der Waals surface area (Å²) in [7, 11) is 0. The monoisotopic (exact) mass is 334 g/mol. The van der Waals surface area contributed by atoms with Crippen molar-refractivity contribution in [1.29, 1.82) is 0 Å². The van der Waals surface area contributed by atoms with E-state index in [0.29, 0.717) is 0 Å². The summed E-state index contributed by atoms with van der Waals surface area (Å²) in [6.45, 7) is 7.16. The van der Waals surface area contributed by atoms with Gasteiger partial charge in [-0.1, -0.05) is 104 Å². The van der Waals surface area contributed by atoms with Crippen molar-refractivity contribution in [3.63, 3.8) is 0 Å². The molecule has 1 aliphatic carbocycles. The molecule has 0 aromatic heterocycles. The van der Waals surface area contributed by atoms with Crippen LogP contribution in [0.4, 0.5) is 0 Å². The van der Waals surface area contributed by atoms with Gasteiger partial charge in [-0.25, -0.2) is 0 Å². The molecule has 1 aliphatic rings. The van der Waals surface area contributed by atoms with E-state index in [-0.39, 0.29) is 0 Å². The quantitative estimate of drug-likeness (QED) is 0.292. The van der Waals surface area contributed by atoms with Gasteiger partial charge in [-0.15, -0.1) is 0 Å². The van der Waals surface area contributed by atoms with Crippen LogP contribution in [0.15, 0.2) is 12.2 Å². The third-order valence-corrected chi connectivity index (χ3v) is 6.05. The van der Waals surface area contributed by atoms with E-state index < -0.39 is 0 Å². The highest BCUT2D eigenvalue weighted by Gasteiger charge is 2.16. The standard InChI is InChI=1S/C24H46/c1-4-6-8-9-10-12-16-23-17-13-11-14-18-24(15-7-5-2)21-22(3)19-20-23/h12,16,22-24H,4-11,13-15,17-21H2,1-3H3/b16-12+. The highest BCUT2D eigenvalue weighted by molar-refractivity contribution is 4.89. The van der Waals surface area contributed by atoms with E-state index >= 15 is 0 Å². The van der Waals surface area contributed by atoms with Crippen molar-refractivity contribution >= 4 is 0 Å². The molecule has 1 rings (SSSR count). The van der Waals surface area contributed by atoms with Crippen LogP contribution in [0.5, 0.6) is 0 Å². The molecule has 0 aliphatic heterocycles. The number of allylic oxidation sites excluding steroid dienone is 2. The average molecular weight is 335 g/mol. The first-order chi connectivity index (χ1) is 11.8. The molecule has 0 aromatic carbocycles. The van der Waals surface area contributed by atoms with E-state index in [4.69, 9.17) is 0 Å². The molecule has 0 nitrogen and oxygen atoms in total. The largest absolute Gasteiger partial charge is 0.0883 e. The first-order valence-electron chi connectivity index (χ1n) is 11.4.